The van der Waals surface area contributed by atoms with E-state index >= 15 is 0 Å². The summed E-state index contributed by atoms with van der Waals surface area (Å²) in [5.74, 6) is 0.0552. The summed E-state index contributed by atoms with van der Waals surface area (Å²) in [7, 11) is 0. The Morgan fingerprint density at radius 2 is 2.33 bits per heavy atom. The fourth-order valence-electron chi connectivity index (χ4n) is 1.39. The number of hydrogen-bond donors (Lipinski definition) is 1. The number of hydrogen-bond acceptors (Lipinski definition) is 2. The Kier molecular flexibility index (Phi) is 2.78. The molecule has 1 rings (SSSR count). The van der Waals surface area contributed by atoms with Crippen molar-refractivity contribution in [3.8, 4) is 0 Å². The fourth-order valence-corrected chi connectivity index (χ4v) is 1.75. The monoisotopic (exact) mass is 235 g/mol. The predicted molar refractivity (Wildman–Crippen MR) is 50.2 cm³/mol. The molecule has 0 saturated carbocycles. The number of amides is 1. The molecule has 1 amide bonds. The SMILES string of the molecule is CC1(C)CN(C(=O)CBr)CC1O. The highest BCUT2D eigenvalue weighted by atomic mass is 79.9. The summed E-state index contributed by atoms with van der Waals surface area (Å²) in [6.45, 7) is 5.06. The van der Waals surface area contributed by atoms with Crippen LogP contribution >= 0.6 is 15.9 Å². The van der Waals surface area contributed by atoms with Crippen molar-refractivity contribution in [1.29, 1.82) is 0 Å². The second-order valence-corrected chi connectivity index (χ2v) is 4.47. The molecule has 0 aromatic carbocycles. The zero-order chi connectivity index (χ0) is 9.35. The highest BCUT2D eigenvalue weighted by Gasteiger charge is 2.39. The summed E-state index contributed by atoms with van der Waals surface area (Å²) < 4.78 is 0. The third kappa shape index (κ3) is 1.80. The van der Waals surface area contributed by atoms with Gasteiger partial charge in [0, 0.05) is 18.5 Å². The third-order valence-corrected chi connectivity index (χ3v) is 2.84. The van der Waals surface area contributed by atoms with E-state index in [1.165, 1.54) is 0 Å². The molecule has 0 aliphatic carbocycles. The largest absolute Gasteiger partial charge is 0.391 e. The molecule has 1 atom stereocenters. The molecule has 0 aromatic rings. The van der Waals surface area contributed by atoms with Crippen LogP contribution in [0.4, 0.5) is 0 Å². The van der Waals surface area contributed by atoms with Gasteiger partial charge in [-0.3, -0.25) is 4.79 Å². The van der Waals surface area contributed by atoms with Crippen LogP contribution in [-0.2, 0) is 4.79 Å². The highest BCUT2D eigenvalue weighted by Crippen LogP contribution is 2.29. The highest BCUT2D eigenvalue weighted by molar-refractivity contribution is 9.09. The molecule has 1 unspecified atom stereocenters. The molecule has 12 heavy (non-hydrogen) atoms. The number of rotatable bonds is 1. The van der Waals surface area contributed by atoms with Crippen molar-refractivity contribution in [3.63, 3.8) is 0 Å². The van der Waals surface area contributed by atoms with E-state index in [1.807, 2.05) is 13.8 Å². The van der Waals surface area contributed by atoms with Gasteiger partial charge in [0.05, 0.1) is 11.4 Å². The van der Waals surface area contributed by atoms with Crippen LogP contribution in [0.5, 0.6) is 0 Å². The van der Waals surface area contributed by atoms with Crippen LogP contribution in [0, 0.1) is 5.41 Å². The molecule has 0 aromatic heterocycles. The lowest BCUT2D eigenvalue weighted by Crippen LogP contribution is -2.30. The second kappa shape index (κ2) is 3.34. The van der Waals surface area contributed by atoms with Crippen molar-refractivity contribution >= 4 is 21.8 Å². The van der Waals surface area contributed by atoms with E-state index in [4.69, 9.17) is 0 Å². The van der Waals surface area contributed by atoms with E-state index in [0.29, 0.717) is 18.4 Å². The number of aliphatic hydroxyl groups is 1. The van der Waals surface area contributed by atoms with Gasteiger partial charge in [-0.25, -0.2) is 0 Å². The normalized spacial score (nSPS) is 27.7. The molecular formula is C8H14BrNO2. The number of nitrogens with zero attached hydrogens (tertiary/aromatic N) is 1. The Hall–Kier alpha value is -0.0900. The quantitative estimate of drug-likeness (QED) is 0.677. The molecule has 0 bridgehead atoms. The van der Waals surface area contributed by atoms with Crippen LogP contribution in [-0.4, -0.2) is 40.4 Å². The predicted octanol–water partition coefficient (Wildman–Crippen LogP) is 0.611. The van der Waals surface area contributed by atoms with Crippen molar-refractivity contribution in [2.24, 2.45) is 5.41 Å². The zero-order valence-corrected chi connectivity index (χ0v) is 8.97. The van der Waals surface area contributed by atoms with Gasteiger partial charge in [0.15, 0.2) is 0 Å². The van der Waals surface area contributed by atoms with Gasteiger partial charge in [0.2, 0.25) is 5.91 Å². The molecule has 0 radical (unpaired) electrons. The van der Waals surface area contributed by atoms with Crippen LogP contribution < -0.4 is 0 Å². The van der Waals surface area contributed by atoms with Crippen LogP contribution in [0.3, 0.4) is 0 Å². The first-order valence-electron chi connectivity index (χ1n) is 3.99. The molecule has 0 spiro atoms. The van der Waals surface area contributed by atoms with Gasteiger partial charge in [0.1, 0.15) is 0 Å². The maximum atomic E-state index is 11.2. The molecule has 1 heterocycles. The van der Waals surface area contributed by atoms with Crippen molar-refractivity contribution in [2.45, 2.75) is 20.0 Å². The number of β-amino-alcohol motifs (C(OH)–C–C–N with tert-alkyl or cyclic N) is 1. The number of likely N-dealkylation sites (tertiary alicyclic amines) is 1. The number of alkyl halides is 1. The average Bonchev–Trinajstić information content (AvgIpc) is 2.25. The van der Waals surface area contributed by atoms with Crippen molar-refractivity contribution < 1.29 is 9.90 Å². The average molecular weight is 236 g/mol. The lowest BCUT2D eigenvalue weighted by Gasteiger charge is -2.20. The first kappa shape index (κ1) is 9.99. The van der Waals surface area contributed by atoms with E-state index in [2.05, 4.69) is 15.9 Å². The first-order chi connectivity index (χ1) is 5.47. The summed E-state index contributed by atoms with van der Waals surface area (Å²) in [6, 6.07) is 0. The van der Waals surface area contributed by atoms with Gasteiger partial charge in [-0.1, -0.05) is 29.8 Å². The minimum atomic E-state index is -0.388. The molecule has 4 heteroatoms. The van der Waals surface area contributed by atoms with Gasteiger partial charge in [-0.15, -0.1) is 0 Å². The summed E-state index contributed by atoms with van der Waals surface area (Å²) in [4.78, 5) is 12.9. The number of aliphatic hydroxyl groups excluding tert-OH is 1. The second-order valence-electron chi connectivity index (χ2n) is 3.91. The van der Waals surface area contributed by atoms with Crippen LogP contribution in [0.25, 0.3) is 0 Å². The topological polar surface area (TPSA) is 40.5 Å². The molecule has 70 valence electrons. The van der Waals surface area contributed by atoms with Crippen molar-refractivity contribution in [2.75, 3.05) is 18.4 Å². The van der Waals surface area contributed by atoms with Gasteiger partial charge in [0.25, 0.3) is 0 Å². The maximum absolute atomic E-state index is 11.2. The number of carbonyl (C=O) groups is 1. The summed E-state index contributed by atoms with van der Waals surface area (Å²) in [5, 5.41) is 9.91. The summed E-state index contributed by atoms with van der Waals surface area (Å²) in [6.07, 6.45) is -0.388. The molecule has 1 saturated heterocycles. The van der Waals surface area contributed by atoms with Crippen LogP contribution in [0.15, 0.2) is 0 Å². The Morgan fingerprint density at radius 1 is 1.75 bits per heavy atom. The standard InChI is InChI=1S/C8H14BrNO2/c1-8(2)5-10(4-6(8)11)7(12)3-9/h6,11H,3-5H2,1-2H3. The van der Waals surface area contributed by atoms with Crippen molar-refractivity contribution in [3.05, 3.63) is 0 Å². The smallest absolute Gasteiger partial charge is 0.233 e. The molecule has 1 aliphatic heterocycles. The van der Waals surface area contributed by atoms with Crippen molar-refractivity contribution in [1.82, 2.24) is 4.90 Å². The van der Waals surface area contributed by atoms with E-state index in [0.717, 1.165) is 0 Å². The maximum Gasteiger partial charge on any atom is 0.233 e. The lowest BCUT2D eigenvalue weighted by molar-refractivity contribution is -0.127. The molecular weight excluding hydrogens is 222 g/mol. The van der Waals surface area contributed by atoms with Crippen LogP contribution in [0.1, 0.15) is 13.8 Å². The summed E-state index contributed by atoms with van der Waals surface area (Å²) in [5.41, 5.74) is -0.155. The zero-order valence-electron chi connectivity index (χ0n) is 7.38. The van der Waals surface area contributed by atoms with Gasteiger partial charge >= 0.3 is 0 Å². The Labute approximate surface area is 80.9 Å². The van der Waals surface area contributed by atoms with Crippen LogP contribution in [0.2, 0.25) is 0 Å². The Morgan fingerprint density at radius 3 is 2.67 bits per heavy atom. The molecule has 3 nitrogen and oxygen atoms in total. The minimum Gasteiger partial charge on any atom is -0.391 e. The summed E-state index contributed by atoms with van der Waals surface area (Å²) >= 11 is 3.11. The fraction of sp³-hybridized carbons (Fsp3) is 0.875. The Balaban J connectivity index is 2.60. The number of carbonyl (C=O) groups excluding carboxylic acids is 1. The number of halogens is 1. The Bertz CT molecular complexity index is 193. The van der Waals surface area contributed by atoms with E-state index < -0.39 is 0 Å². The lowest BCUT2D eigenvalue weighted by atomic mass is 9.90. The molecule has 1 fully saturated rings. The van der Waals surface area contributed by atoms with Gasteiger partial charge < -0.3 is 10.0 Å². The first-order valence-corrected chi connectivity index (χ1v) is 5.11. The minimum absolute atomic E-state index is 0.0552. The van der Waals surface area contributed by atoms with E-state index in [1.54, 1.807) is 4.90 Å². The van der Waals surface area contributed by atoms with E-state index in [9.17, 15) is 9.90 Å². The van der Waals surface area contributed by atoms with Gasteiger partial charge in [-0.2, -0.15) is 0 Å². The molecule has 1 N–H and O–H groups in total. The van der Waals surface area contributed by atoms with Gasteiger partial charge in [-0.05, 0) is 0 Å². The molecule has 1 aliphatic rings. The van der Waals surface area contributed by atoms with E-state index in [-0.39, 0.29) is 17.4 Å². The third-order valence-electron chi connectivity index (χ3n) is 2.36.